The molecule has 0 aliphatic heterocycles. The van der Waals surface area contributed by atoms with Gasteiger partial charge in [-0.2, -0.15) is 5.10 Å². The molecule has 2 aromatic rings. The number of hydrogen-bond acceptors (Lipinski definition) is 4. The topological polar surface area (TPSA) is 59.0 Å². The molecule has 0 aliphatic rings. The van der Waals surface area contributed by atoms with E-state index in [1.807, 2.05) is 31.3 Å². The third-order valence-electron chi connectivity index (χ3n) is 2.80. The van der Waals surface area contributed by atoms with Crippen LogP contribution in [-0.2, 0) is 6.54 Å². The van der Waals surface area contributed by atoms with Gasteiger partial charge < -0.3 is 10.6 Å². The van der Waals surface area contributed by atoms with E-state index in [0.717, 1.165) is 28.8 Å². The number of anilines is 1. The van der Waals surface area contributed by atoms with Crippen molar-refractivity contribution in [3.8, 4) is 0 Å². The SMILES string of the molecule is CNCCNc1cnn(Cc2cccc(Br)c2)c(=O)c1. The Morgan fingerprint density at radius 3 is 2.85 bits per heavy atom. The second-order valence-corrected chi connectivity index (χ2v) is 5.32. The van der Waals surface area contributed by atoms with Crippen molar-refractivity contribution >= 4 is 21.6 Å². The lowest BCUT2D eigenvalue weighted by atomic mass is 10.2. The maximum Gasteiger partial charge on any atom is 0.269 e. The molecule has 0 spiro atoms. The van der Waals surface area contributed by atoms with Crippen LogP contribution in [0, 0.1) is 0 Å². The molecule has 0 aliphatic carbocycles. The van der Waals surface area contributed by atoms with Crippen molar-refractivity contribution in [2.45, 2.75) is 6.54 Å². The van der Waals surface area contributed by atoms with Gasteiger partial charge in [0.1, 0.15) is 0 Å². The smallest absolute Gasteiger partial charge is 0.269 e. The summed E-state index contributed by atoms with van der Waals surface area (Å²) in [6, 6.07) is 9.42. The van der Waals surface area contributed by atoms with Gasteiger partial charge in [-0.3, -0.25) is 4.79 Å². The monoisotopic (exact) mass is 336 g/mol. The molecule has 0 bridgehead atoms. The maximum atomic E-state index is 12.0. The van der Waals surface area contributed by atoms with E-state index in [4.69, 9.17) is 0 Å². The molecular formula is C14H17BrN4O. The highest BCUT2D eigenvalue weighted by Gasteiger charge is 2.02. The van der Waals surface area contributed by atoms with Gasteiger partial charge in [-0.15, -0.1) is 0 Å². The Morgan fingerprint density at radius 1 is 1.30 bits per heavy atom. The van der Waals surface area contributed by atoms with Gasteiger partial charge in [0.25, 0.3) is 5.56 Å². The highest BCUT2D eigenvalue weighted by atomic mass is 79.9. The largest absolute Gasteiger partial charge is 0.382 e. The molecule has 20 heavy (non-hydrogen) atoms. The lowest BCUT2D eigenvalue weighted by Crippen LogP contribution is -2.24. The van der Waals surface area contributed by atoms with Crippen LogP contribution < -0.4 is 16.2 Å². The van der Waals surface area contributed by atoms with Crippen LogP contribution in [0.25, 0.3) is 0 Å². The van der Waals surface area contributed by atoms with Crippen LogP contribution in [0.15, 0.2) is 45.8 Å². The van der Waals surface area contributed by atoms with E-state index in [1.54, 1.807) is 12.3 Å². The summed E-state index contributed by atoms with van der Waals surface area (Å²) in [4.78, 5) is 12.0. The van der Waals surface area contributed by atoms with E-state index >= 15 is 0 Å². The zero-order valence-electron chi connectivity index (χ0n) is 11.3. The van der Waals surface area contributed by atoms with Crippen molar-refractivity contribution in [2.24, 2.45) is 0 Å². The minimum atomic E-state index is -0.112. The average Bonchev–Trinajstić information content (AvgIpc) is 2.42. The Bertz CT molecular complexity index is 627. The minimum absolute atomic E-state index is 0.112. The second kappa shape index (κ2) is 7.21. The number of rotatable bonds is 6. The molecular weight excluding hydrogens is 320 g/mol. The van der Waals surface area contributed by atoms with Crippen LogP contribution in [0.2, 0.25) is 0 Å². The molecule has 0 atom stereocenters. The molecule has 0 fully saturated rings. The van der Waals surface area contributed by atoms with Gasteiger partial charge in [-0.05, 0) is 24.7 Å². The van der Waals surface area contributed by atoms with Gasteiger partial charge >= 0.3 is 0 Å². The Balaban J connectivity index is 2.08. The predicted molar refractivity (Wildman–Crippen MR) is 84.2 cm³/mol. The van der Waals surface area contributed by atoms with E-state index in [-0.39, 0.29) is 5.56 Å². The van der Waals surface area contributed by atoms with Crippen molar-refractivity contribution < 1.29 is 0 Å². The number of hydrogen-bond donors (Lipinski definition) is 2. The third-order valence-corrected chi connectivity index (χ3v) is 3.29. The summed E-state index contributed by atoms with van der Waals surface area (Å²) in [6.45, 7) is 2.06. The fraction of sp³-hybridized carbons (Fsp3) is 0.286. The molecule has 2 N–H and O–H groups in total. The number of benzene rings is 1. The molecule has 0 saturated heterocycles. The van der Waals surface area contributed by atoms with Gasteiger partial charge in [0.15, 0.2) is 0 Å². The van der Waals surface area contributed by atoms with E-state index in [9.17, 15) is 4.79 Å². The zero-order chi connectivity index (χ0) is 14.4. The number of nitrogens with one attached hydrogen (secondary N) is 2. The Morgan fingerprint density at radius 2 is 2.15 bits per heavy atom. The van der Waals surface area contributed by atoms with Crippen LogP contribution in [-0.4, -0.2) is 29.9 Å². The fourth-order valence-electron chi connectivity index (χ4n) is 1.79. The van der Waals surface area contributed by atoms with Crippen LogP contribution in [0.5, 0.6) is 0 Å². The first-order valence-electron chi connectivity index (χ1n) is 6.39. The number of aromatic nitrogens is 2. The molecule has 1 heterocycles. The molecule has 2 rings (SSSR count). The van der Waals surface area contributed by atoms with Gasteiger partial charge in [-0.25, -0.2) is 4.68 Å². The normalized spacial score (nSPS) is 10.5. The van der Waals surface area contributed by atoms with Crippen molar-refractivity contribution in [1.82, 2.24) is 15.1 Å². The summed E-state index contributed by atoms with van der Waals surface area (Å²) in [6.07, 6.45) is 1.68. The lowest BCUT2D eigenvalue weighted by molar-refractivity contribution is 0.639. The first-order valence-corrected chi connectivity index (χ1v) is 7.18. The Kier molecular flexibility index (Phi) is 5.31. The summed E-state index contributed by atoms with van der Waals surface area (Å²) in [7, 11) is 1.88. The minimum Gasteiger partial charge on any atom is -0.382 e. The molecule has 0 saturated carbocycles. The summed E-state index contributed by atoms with van der Waals surface area (Å²) in [5, 5.41) is 10.4. The van der Waals surface area contributed by atoms with E-state index in [0.29, 0.717) is 6.54 Å². The molecule has 5 nitrogen and oxygen atoms in total. The molecule has 0 amide bonds. The Labute approximate surface area is 126 Å². The van der Waals surface area contributed by atoms with Crippen LogP contribution >= 0.6 is 15.9 Å². The first-order chi connectivity index (χ1) is 9.69. The van der Waals surface area contributed by atoms with E-state index < -0.39 is 0 Å². The molecule has 0 radical (unpaired) electrons. The van der Waals surface area contributed by atoms with Gasteiger partial charge in [0, 0.05) is 23.6 Å². The summed E-state index contributed by atoms with van der Waals surface area (Å²) in [5.41, 5.74) is 1.67. The van der Waals surface area contributed by atoms with Crippen molar-refractivity contribution in [3.05, 3.63) is 56.9 Å². The molecule has 0 unspecified atom stereocenters. The third kappa shape index (κ3) is 4.18. The molecule has 1 aromatic heterocycles. The van der Waals surface area contributed by atoms with Crippen LogP contribution in [0.1, 0.15) is 5.56 Å². The zero-order valence-corrected chi connectivity index (χ0v) is 12.9. The number of likely N-dealkylation sites (N-methyl/N-ethyl adjacent to an activating group) is 1. The first kappa shape index (κ1) is 14.7. The molecule has 6 heteroatoms. The van der Waals surface area contributed by atoms with Crippen molar-refractivity contribution in [3.63, 3.8) is 0 Å². The number of nitrogens with zero attached hydrogens (tertiary/aromatic N) is 2. The van der Waals surface area contributed by atoms with Gasteiger partial charge in [-0.1, -0.05) is 28.1 Å². The highest BCUT2D eigenvalue weighted by Crippen LogP contribution is 2.12. The van der Waals surface area contributed by atoms with Gasteiger partial charge in [0.2, 0.25) is 0 Å². The van der Waals surface area contributed by atoms with Crippen molar-refractivity contribution in [1.29, 1.82) is 0 Å². The summed E-state index contributed by atoms with van der Waals surface area (Å²) in [5.74, 6) is 0. The molecule has 1 aromatic carbocycles. The predicted octanol–water partition coefficient (Wildman–Crippen LogP) is 1.69. The quantitative estimate of drug-likeness (QED) is 0.788. The Hall–Kier alpha value is -1.66. The lowest BCUT2D eigenvalue weighted by Gasteiger charge is -2.08. The van der Waals surface area contributed by atoms with Crippen molar-refractivity contribution in [2.75, 3.05) is 25.5 Å². The van der Waals surface area contributed by atoms with Gasteiger partial charge in [0.05, 0.1) is 18.4 Å². The molecule has 106 valence electrons. The summed E-state index contributed by atoms with van der Waals surface area (Å²) < 4.78 is 2.44. The van der Waals surface area contributed by atoms with E-state index in [1.165, 1.54) is 4.68 Å². The van der Waals surface area contributed by atoms with E-state index in [2.05, 4.69) is 31.7 Å². The maximum absolute atomic E-state index is 12.0. The standard InChI is InChI=1S/C14H17BrN4O/c1-16-5-6-17-13-8-14(20)19(18-9-13)10-11-3-2-4-12(15)7-11/h2-4,7-9,16-17H,5-6,10H2,1H3. The second-order valence-electron chi connectivity index (χ2n) is 4.40. The highest BCUT2D eigenvalue weighted by molar-refractivity contribution is 9.10. The average molecular weight is 337 g/mol. The number of halogens is 1. The summed E-state index contributed by atoms with van der Waals surface area (Å²) >= 11 is 3.42. The van der Waals surface area contributed by atoms with Crippen LogP contribution in [0.3, 0.4) is 0 Å². The fourth-order valence-corrected chi connectivity index (χ4v) is 2.24. The van der Waals surface area contributed by atoms with Crippen LogP contribution in [0.4, 0.5) is 5.69 Å².